The van der Waals surface area contributed by atoms with Crippen molar-refractivity contribution in [3.8, 4) is 0 Å². The van der Waals surface area contributed by atoms with Crippen LogP contribution in [0.2, 0.25) is 0 Å². The number of hydrogen-bond donors (Lipinski definition) is 1. The summed E-state index contributed by atoms with van der Waals surface area (Å²) in [5, 5.41) is 2.97. The highest BCUT2D eigenvalue weighted by molar-refractivity contribution is 7.14. The van der Waals surface area contributed by atoms with Gasteiger partial charge in [-0.1, -0.05) is 6.92 Å². The highest BCUT2D eigenvalue weighted by atomic mass is 32.1. The molecule has 2 aliphatic carbocycles. The summed E-state index contributed by atoms with van der Waals surface area (Å²) >= 11 is 1.51. The van der Waals surface area contributed by atoms with Crippen LogP contribution in [0.3, 0.4) is 0 Å². The Morgan fingerprint density at radius 2 is 2.05 bits per heavy atom. The van der Waals surface area contributed by atoms with Crippen molar-refractivity contribution >= 4 is 23.2 Å². The fourth-order valence-corrected chi connectivity index (χ4v) is 4.45. The minimum atomic E-state index is -0.369. The van der Waals surface area contributed by atoms with Crippen molar-refractivity contribution in [2.24, 2.45) is 5.92 Å². The predicted octanol–water partition coefficient (Wildman–Crippen LogP) is 3.09. The summed E-state index contributed by atoms with van der Waals surface area (Å²) in [6.45, 7) is 2.08. The molecule has 1 N–H and O–H groups in total. The average Bonchev–Trinajstić information content (AvgIpc) is 3.08. The molecule has 0 aromatic carbocycles. The van der Waals surface area contributed by atoms with Crippen molar-refractivity contribution in [2.75, 3.05) is 6.61 Å². The summed E-state index contributed by atoms with van der Waals surface area (Å²) in [6.07, 6.45) is 7.67. The van der Waals surface area contributed by atoms with E-state index in [9.17, 15) is 9.59 Å². The monoisotopic (exact) mass is 321 g/mol. The molecule has 1 aromatic rings. The number of aryl methyl sites for hydroxylation is 2. The van der Waals surface area contributed by atoms with Gasteiger partial charge in [0.2, 0.25) is 0 Å². The van der Waals surface area contributed by atoms with E-state index in [1.54, 1.807) is 0 Å². The lowest BCUT2D eigenvalue weighted by Gasteiger charge is -2.26. The van der Waals surface area contributed by atoms with Crippen LogP contribution < -0.4 is 5.32 Å². The van der Waals surface area contributed by atoms with Gasteiger partial charge in [0.1, 0.15) is 4.88 Å². The van der Waals surface area contributed by atoms with E-state index in [0.717, 1.165) is 44.4 Å². The Hall–Kier alpha value is -1.36. The molecule has 0 radical (unpaired) electrons. The van der Waals surface area contributed by atoms with Crippen molar-refractivity contribution in [2.45, 2.75) is 57.9 Å². The third-order valence-corrected chi connectivity index (χ3v) is 5.88. The first-order chi connectivity index (χ1) is 10.6. The van der Waals surface area contributed by atoms with Crippen molar-refractivity contribution in [3.63, 3.8) is 0 Å². The number of carbonyl (C=O) groups excluding carboxylic acids is 2. The molecule has 22 heavy (non-hydrogen) atoms. The van der Waals surface area contributed by atoms with Gasteiger partial charge in [0, 0.05) is 10.9 Å². The molecule has 5 heteroatoms. The maximum Gasteiger partial charge on any atom is 0.348 e. The molecule has 1 amide bonds. The number of amides is 1. The SMILES string of the molecule is CC1CCC(NC(=O)COC(=O)c2cc3c(s2)CCC3)CC1. The highest BCUT2D eigenvalue weighted by Crippen LogP contribution is 2.30. The minimum absolute atomic E-state index is 0.173. The highest BCUT2D eigenvalue weighted by Gasteiger charge is 2.22. The molecule has 3 rings (SSSR count). The molecule has 0 bridgehead atoms. The van der Waals surface area contributed by atoms with Crippen LogP contribution in [-0.4, -0.2) is 24.5 Å². The van der Waals surface area contributed by atoms with E-state index in [-0.39, 0.29) is 24.5 Å². The topological polar surface area (TPSA) is 55.4 Å². The summed E-state index contributed by atoms with van der Waals surface area (Å²) in [5.41, 5.74) is 1.28. The summed E-state index contributed by atoms with van der Waals surface area (Å²) in [5.74, 6) is 0.204. The van der Waals surface area contributed by atoms with E-state index in [0.29, 0.717) is 4.88 Å². The number of carbonyl (C=O) groups is 2. The van der Waals surface area contributed by atoms with E-state index in [4.69, 9.17) is 4.74 Å². The van der Waals surface area contributed by atoms with Crippen LogP contribution in [-0.2, 0) is 22.4 Å². The van der Waals surface area contributed by atoms with Crippen LogP contribution in [0.1, 0.15) is 59.1 Å². The third-order valence-electron chi connectivity index (χ3n) is 4.66. The molecule has 1 saturated carbocycles. The van der Waals surface area contributed by atoms with E-state index in [2.05, 4.69) is 12.2 Å². The number of hydrogen-bond acceptors (Lipinski definition) is 4. The second-order valence-corrected chi connectivity index (χ2v) is 7.65. The molecule has 1 fully saturated rings. The lowest BCUT2D eigenvalue weighted by molar-refractivity contribution is -0.125. The largest absolute Gasteiger partial charge is 0.451 e. The van der Waals surface area contributed by atoms with Gasteiger partial charge in [-0.2, -0.15) is 0 Å². The van der Waals surface area contributed by atoms with Crippen molar-refractivity contribution in [3.05, 3.63) is 21.4 Å². The number of ether oxygens (including phenoxy) is 1. The van der Waals surface area contributed by atoms with Gasteiger partial charge in [-0.05, 0) is 62.5 Å². The molecule has 4 nitrogen and oxygen atoms in total. The first-order valence-corrected chi connectivity index (χ1v) is 9.01. The summed E-state index contributed by atoms with van der Waals surface area (Å²) in [4.78, 5) is 25.8. The smallest absolute Gasteiger partial charge is 0.348 e. The van der Waals surface area contributed by atoms with Gasteiger partial charge in [0.25, 0.3) is 5.91 Å². The number of fused-ring (bicyclic) bond motifs is 1. The van der Waals surface area contributed by atoms with Crippen molar-refractivity contribution in [1.29, 1.82) is 0 Å². The third kappa shape index (κ3) is 3.69. The normalized spacial score (nSPS) is 23.9. The molecule has 0 aliphatic heterocycles. The van der Waals surface area contributed by atoms with Gasteiger partial charge in [0.05, 0.1) is 0 Å². The van der Waals surface area contributed by atoms with Crippen LogP contribution in [0.15, 0.2) is 6.07 Å². The number of rotatable bonds is 4. The van der Waals surface area contributed by atoms with Gasteiger partial charge in [-0.15, -0.1) is 11.3 Å². The van der Waals surface area contributed by atoms with Gasteiger partial charge in [0.15, 0.2) is 6.61 Å². The fourth-order valence-electron chi connectivity index (χ4n) is 3.31. The summed E-state index contributed by atoms with van der Waals surface area (Å²) in [7, 11) is 0. The van der Waals surface area contributed by atoms with Gasteiger partial charge >= 0.3 is 5.97 Å². The zero-order valence-electron chi connectivity index (χ0n) is 13.0. The fraction of sp³-hybridized carbons (Fsp3) is 0.647. The van der Waals surface area contributed by atoms with E-state index < -0.39 is 0 Å². The lowest BCUT2D eigenvalue weighted by atomic mass is 9.87. The standard InChI is InChI=1S/C17H23NO3S/c1-11-5-7-13(8-6-11)18-16(19)10-21-17(20)15-9-12-3-2-4-14(12)22-15/h9,11,13H,2-8,10H2,1H3,(H,18,19). The second kappa shape index (κ2) is 6.82. The lowest BCUT2D eigenvalue weighted by Crippen LogP contribution is -2.39. The van der Waals surface area contributed by atoms with Gasteiger partial charge in [-0.3, -0.25) is 4.79 Å². The molecule has 1 aromatic heterocycles. The molecule has 0 saturated heterocycles. The molecule has 120 valence electrons. The molecule has 1 heterocycles. The summed E-state index contributed by atoms with van der Waals surface area (Å²) < 4.78 is 5.15. The zero-order valence-corrected chi connectivity index (χ0v) is 13.8. The van der Waals surface area contributed by atoms with Gasteiger partial charge in [-0.25, -0.2) is 4.79 Å². The Kier molecular flexibility index (Phi) is 4.81. The first-order valence-electron chi connectivity index (χ1n) is 8.20. The number of thiophene rings is 1. The Bertz CT molecular complexity index is 537. The van der Waals surface area contributed by atoms with E-state index in [1.165, 1.54) is 28.2 Å². The van der Waals surface area contributed by atoms with E-state index in [1.807, 2.05) is 6.07 Å². The maximum absolute atomic E-state index is 12.0. The van der Waals surface area contributed by atoms with E-state index >= 15 is 0 Å². The number of esters is 1. The molecule has 0 spiro atoms. The van der Waals surface area contributed by atoms with Crippen molar-refractivity contribution < 1.29 is 14.3 Å². The Morgan fingerprint density at radius 3 is 2.77 bits per heavy atom. The molecular weight excluding hydrogens is 298 g/mol. The summed E-state index contributed by atoms with van der Waals surface area (Å²) in [6, 6.07) is 2.17. The minimum Gasteiger partial charge on any atom is -0.451 e. The average molecular weight is 321 g/mol. The maximum atomic E-state index is 12.0. The Morgan fingerprint density at radius 1 is 1.27 bits per heavy atom. The van der Waals surface area contributed by atoms with Crippen LogP contribution in [0, 0.1) is 5.92 Å². The number of nitrogens with one attached hydrogen (secondary N) is 1. The molecular formula is C17H23NO3S. The Balaban J connectivity index is 1.43. The van der Waals surface area contributed by atoms with Crippen molar-refractivity contribution in [1.82, 2.24) is 5.32 Å². The first kappa shape index (κ1) is 15.5. The predicted molar refractivity (Wildman–Crippen MR) is 86.2 cm³/mol. The molecule has 0 unspecified atom stereocenters. The zero-order chi connectivity index (χ0) is 15.5. The van der Waals surface area contributed by atoms with Gasteiger partial charge < -0.3 is 10.1 Å². The quantitative estimate of drug-likeness (QED) is 0.867. The van der Waals surface area contributed by atoms with Crippen LogP contribution >= 0.6 is 11.3 Å². The van der Waals surface area contributed by atoms with Crippen LogP contribution in [0.5, 0.6) is 0 Å². The second-order valence-electron chi connectivity index (χ2n) is 6.51. The Labute approximate surface area is 135 Å². The van der Waals surface area contributed by atoms with Crippen LogP contribution in [0.4, 0.5) is 0 Å². The molecule has 0 atom stereocenters. The van der Waals surface area contributed by atoms with Crippen LogP contribution in [0.25, 0.3) is 0 Å². The molecule has 2 aliphatic rings.